The minimum atomic E-state index is -3.33. The monoisotopic (exact) mass is 339 g/mol. The van der Waals surface area contributed by atoms with E-state index in [1.807, 2.05) is 0 Å². The van der Waals surface area contributed by atoms with Gasteiger partial charge < -0.3 is 9.47 Å². The van der Waals surface area contributed by atoms with Gasteiger partial charge in [0.25, 0.3) is 11.5 Å². The lowest BCUT2D eigenvalue weighted by Crippen LogP contribution is -2.41. The van der Waals surface area contributed by atoms with Crippen molar-refractivity contribution in [3.63, 3.8) is 0 Å². The lowest BCUT2D eigenvalue weighted by atomic mass is 9.99. The minimum Gasteiger partial charge on any atom is -0.337 e. The Bertz CT molecular complexity index is 782. The van der Waals surface area contributed by atoms with E-state index in [1.54, 1.807) is 24.2 Å². The standard InChI is InChI=1S/C15H21N3O4S/c1-17-7-3-4-11(14(17)19)15(20)18-8-12(10-5-6-10)13(9-18)16-23(2,21)22/h3-4,7,10,12-13,16H,5-6,8-9H2,1-2H3/t12-,13+/m0/s1. The lowest BCUT2D eigenvalue weighted by molar-refractivity contribution is 0.0782. The van der Waals surface area contributed by atoms with Crippen LogP contribution in [0.1, 0.15) is 23.2 Å². The molecule has 1 aromatic rings. The number of nitrogens with zero attached hydrogens (tertiary/aromatic N) is 2. The van der Waals surface area contributed by atoms with Crippen molar-refractivity contribution in [2.24, 2.45) is 18.9 Å². The van der Waals surface area contributed by atoms with Crippen LogP contribution in [0.4, 0.5) is 0 Å². The fourth-order valence-corrected chi connectivity index (χ4v) is 4.13. The number of sulfonamides is 1. The van der Waals surface area contributed by atoms with Gasteiger partial charge in [-0.3, -0.25) is 9.59 Å². The van der Waals surface area contributed by atoms with Crippen LogP contribution >= 0.6 is 0 Å². The second-order valence-corrected chi connectivity index (χ2v) is 8.33. The average molecular weight is 339 g/mol. The Hall–Kier alpha value is -1.67. The summed E-state index contributed by atoms with van der Waals surface area (Å²) in [7, 11) is -1.73. The van der Waals surface area contributed by atoms with Crippen molar-refractivity contribution >= 4 is 15.9 Å². The first-order valence-corrected chi connectivity index (χ1v) is 9.57. The molecule has 2 atom stereocenters. The van der Waals surface area contributed by atoms with Gasteiger partial charge in [0.2, 0.25) is 10.0 Å². The summed E-state index contributed by atoms with van der Waals surface area (Å²) in [4.78, 5) is 26.4. The Morgan fingerprint density at radius 2 is 2.00 bits per heavy atom. The maximum Gasteiger partial charge on any atom is 0.263 e. The molecule has 1 saturated heterocycles. The van der Waals surface area contributed by atoms with Crippen molar-refractivity contribution < 1.29 is 13.2 Å². The van der Waals surface area contributed by atoms with E-state index in [1.165, 1.54) is 10.6 Å². The smallest absolute Gasteiger partial charge is 0.263 e. The van der Waals surface area contributed by atoms with Gasteiger partial charge in [-0.2, -0.15) is 0 Å². The van der Waals surface area contributed by atoms with Crippen molar-refractivity contribution in [1.29, 1.82) is 0 Å². The van der Waals surface area contributed by atoms with Crippen LogP contribution < -0.4 is 10.3 Å². The van der Waals surface area contributed by atoms with E-state index in [0.29, 0.717) is 19.0 Å². The Kier molecular flexibility index (Phi) is 4.05. The van der Waals surface area contributed by atoms with Crippen LogP contribution in [0.5, 0.6) is 0 Å². The molecule has 3 rings (SSSR count). The molecule has 1 aromatic heterocycles. The zero-order valence-corrected chi connectivity index (χ0v) is 14.0. The molecule has 0 radical (unpaired) electrons. The first-order chi connectivity index (χ1) is 10.8. The molecule has 23 heavy (non-hydrogen) atoms. The van der Waals surface area contributed by atoms with Gasteiger partial charge in [-0.25, -0.2) is 13.1 Å². The number of rotatable bonds is 4. The molecule has 0 spiro atoms. The fourth-order valence-electron chi connectivity index (χ4n) is 3.33. The number of nitrogens with one attached hydrogen (secondary N) is 1. The van der Waals surface area contributed by atoms with Crippen molar-refractivity contribution in [3.8, 4) is 0 Å². The van der Waals surface area contributed by atoms with Crippen LogP contribution in [0.15, 0.2) is 23.1 Å². The third-order valence-electron chi connectivity index (χ3n) is 4.60. The molecule has 1 N–H and O–H groups in total. The van der Waals surface area contributed by atoms with Gasteiger partial charge in [0.15, 0.2) is 0 Å². The van der Waals surface area contributed by atoms with Gasteiger partial charge in [0, 0.05) is 32.4 Å². The second kappa shape index (κ2) is 5.76. The van der Waals surface area contributed by atoms with Gasteiger partial charge in [-0.1, -0.05) is 0 Å². The fraction of sp³-hybridized carbons (Fsp3) is 0.600. The van der Waals surface area contributed by atoms with Crippen LogP contribution in [-0.4, -0.2) is 49.2 Å². The van der Waals surface area contributed by atoms with Gasteiger partial charge in [-0.15, -0.1) is 0 Å². The number of aromatic nitrogens is 1. The Labute approximate surface area is 135 Å². The Balaban J connectivity index is 1.82. The van der Waals surface area contributed by atoms with E-state index in [-0.39, 0.29) is 29.0 Å². The summed E-state index contributed by atoms with van der Waals surface area (Å²) in [6.45, 7) is 0.805. The molecule has 7 nitrogen and oxygen atoms in total. The van der Waals surface area contributed by atoms with Gasteiger partial charge >= 0.3 is 0 Å². The third-order valence-corrected chi connectivity index (χ3v) is 5.33. The van der Waals surface area contributed by atoms with Gasteiger partial charge in [0.05, 0.1) is 6.26 Å². The summed E-state index contributed by atoms with van der Waals surface area (Å²) in [6.07, 6.45) is 4.88. The Morgan fingerprint density at radius 1 is 1.30 bits per heavy atom. The van der Waals surface area contributed by atoms with E-state index < -0.39 is 10.0 Å². The van der Waals surface area contributed by atoms with Crippen LogP contribution in [0.3, 0.4) is 0 Å². The average Bonchev–Trinajstić information content (AvgIpc) is 3.22. The quantitative estimate of drug-likeness (QED) is 0.822. The van der Waals surface area contributed by atoms with E-state index in [4.69, 9.17) is 0 Å². The molecule has 1 aliphatic heterocycles. The highest BCUT2D eigenvalue weighted by Crippen LogP contribution is 2.41. The summed E-state index contributed by atoms with van der Waals surface area (Å²) >= 11 is 0. The SMILES string of the molecule is Cn1cccc(C(=O)N2C[C@@H](NS(C)(=O)=O)[C@H](C3CC3)C2)c1=O. The molecule has 2 heterocycles. The van der Waals surface area contributed by atoms with Gasteiger partial charge in [-0.05, 0) is 36.8 Å². The number of aryl methyl sites for hydroxylation is 1. The molecule has 0 bridgehead atoms. The van der Waals surface area contributed by atoms with Crippen molar-refractivity contribution in [1.82, 2.24) is 14.2 Å². The lowest BCUT2D eigenvalue weighted by Gasteiger charge is -2.17. The van der Waals surface area contributed by atoms with Crippen LogP contribution in [-0.2, 0) is 17.1 Å². The van der Waals surface area contributed by atoms with E-state index >= 15 is 0 Å². The van der Waals surface area contributed by atoms with Crippen molar-refractivity contribution in [2.45, 2.75) is 18.9 Å². The molecule has 0 unspecified atom stereocenters. The molecule has 2 fully saturated rings. The molecule has 1 aliphatic carbocycles. The third kappa shape index (κ3) is 3.48. The number of carbonyl (C=O) groups is 1. The van der Waals surface area contributed by atoms with E-state index in [0.717, 1.165) is 19.1 Å². The predicted octanol–water partition coefficient (Wildman–Crippen LogP) is -0.215. The van der Waals surface area contributed by atoms with Crippen molar-refractivity contribution in [3.05, 3.63) is 34.2 Å². The molecule has 1 saturated carbocycles. The van der Waals surface area contributed by atoms with E-state index in [9.17, 15) is 18.0 Å². The van der Waals surface area contributed by atoms with Gasteiger partial charge in [0.1, 0.15) is 5.56 Å². The minimum absolute atomic E-state index is 0.126. The zero-order valence-electron chi connectivity index (χ0n) is 13.2. The number of hydrogen-bond donors (Lipinski definition) is 1. The predicted molar refractivity (Wildman–Crippen MR) is 85.6 cm³/mol. The second-order valence-electron chi connectivity index (χ2n) is 6.55. The number of pyridine rings is 1. The summed E-state index contributed by atoms with van der Waals surface area (Å²) in [5, 5.41) is 0. The maximum absolute atomic E-state index is 12.7. The summed E-state index contributed by atoms with van der Waals surface area (Å²) in [5.41, 5.74) is -0.204. The Morgan fingerprint density at radius 3 is 2.61 bits per heavy atom. The number of likely N-dealkylation sites (tertiary alicyclic amines) is 1. The highest BCUT2D eigenvalue weighted by Gasteiger charge is 2.45. The highest BCUT2D eigenvalue weighted by atomic mass is 32.2. The molecular weight excluding hydrogens is 318 g/mol. The van der Waals surface area contributed by atoms with Crippen LogP contribution in [0.25, 0.3) is 0 Å². The largest absolute Gasteiger partial charge is 0.337 e. The summed E-state index contributed by atoms with van der Waals surface area (Å²) in [5.74, 6) is 0.265. The summed E-state index contributed by atoms with van der Waals surface area (Å²) < 4.78 is 27.1. The first kappa shape index (κ1) is 16.2. The molecule has 8 heteroatoms. The highest BCUT2D eigenvalue weighted by molar-refractivity contribution is 7.88. The normalized spacial score (nSPS) is 24.9. The molecule has 0 aromatic carbocycles. The number of amides is 1. The van der Waals surface area contributed by atoms with Crippen molar-refractivity contribution in [2.75, 3.05) is 19.3 Å². The van der Waals surface area contributed by atoms with E-state index in [2.05, 4.69) is 4.72 Å². The zero-order chi connectivity index (χ0) is 16.8. The summed E-state index contributed by atoms with van der Waals surface area (Å²) in [6, 6.07) is 2.91. The molecule has 126 valence electrons. The number of hydrogen-bond acceptors (Lipinski definition) is 4. The first-order valence-electron chi connectivity index (χ1n) is 7.68. The van der Waals surface area contributed by atoms with Crippen LogP contribution in [0, 0.1) is 11.8 Å². The molecular formula is C15H21N3O4S. The van der Waals surface area contributed by atoms with Crippen LogP contribution in [0.2, 0.25) is 0 Å². The molecule has 1 amide bonds. The topological polar surface area (TPSA) is 88.5 Å². The molecule has 2 aliphatic rings. The number of carbonyl (C=O) groups excluding carboxylic acids is 1. The maximum atomic E-state index is 12.7.